The molecule has 0 saturated heterocycles. The van der Waals surface area contributed by atoms with Gasteiger partial charge in [-0.05, 0) is 28.1 Å². The largest absolute Gasteiger partial charge is 0.372 e. The van der Waals surface area contributed by atoms with Crippen LogP contribution in [0.1, 0.15) is 27.6 Å². The average molecular weight is 295 g/mol. The van der Waals surface area contributed by atoms with Crippen molar-refractivity contribution in [3.05, 3.63) is 56.2 Å². The Balaban J connectivity index is 1.84. The molecule has 0 amide bonds. The zero-order valence-corrected chi connectivity index (χ0v) is 11.9. The van der Waals surface area contributed by atoms with E-state index in [-0.39, 0.29) is 6.04 Å². The first kappa shape index (κ1) is 13.1. The van der Waals surface area contributed by atoms with Crippen LogP contribution in [0.25, 0.3) is 0 Å². The summed E-state index contributed by atoms with van der Waals surface area (Å²) in [5.41, 5.74) is 6.59. The van der Waals surface area contributed by atoms with E-state index in [4.69, 9.17) is 22.2 Å². The molecule has 1 aliphatic heterocycles. The number of hydrazine groups is 1. The van der Waals surface area contributed by atoms with Gasteiger partial charge in [-0.1, -0.05) is 29.8 Å². The Morgan fingerprint density at radius 1 is 1.32 bits per heavy atom. The summed E-state index contributed by atoms with van der Waals surface area (Å²) in [5.74, 6) is 5.70. The van der Waals surface area contributed by atoms with Crippen LogP contribution in [0.5, 0.6) is 0 Å². The summed E-state index contributed by atoms with van der Waals surface area (Å²) in [6, 6.07) is 8.40. The third kappa shape index (κ3) is 2.68. The van der Waals surface area contributed by atoms with Crippen LogP contribution >= 0.6 is 22.9 Å². The fraction of sp³-hybridized carbons (Fsp3) is 0.286. The van der Waals surface area contributed by atoms with Gasteiger partial charge in [0.25, 0.3) is 0 Å². The smallest absolute Gasteiger partial charge is 0.0725 e. The average Bonchev–Trinajstić information content (AvgIpc) is 3.04. The molecule has 2 aromatic rings. The Morgan fingerprint density at radius 3 is 2.89 bits per heavy atom. The third-order valence-corrected chi connectivity index (χ3v) is 4.84. The highest BCUT2D eigenvalue weighted by molar-refractivity contribution is 7.10. The highest BCUT2D eigenvalue weighted by Crippen LogP contribution is 2.29. The van der Waals surface area contributed by atoms with Crippen LogP contribution in [0.2, 0.25) is 5.02 Å². The van der Waals surface area contributed by atoms with Crippen molar-refractivity contribution in [1.82, 2.24) is 5.43 Å². The fourth-order valence-corrected chi connectivity index (χ4v) is 3.50. The molecule has 2 heterocycles. The zero-order chi connectivity index (χ0) is 13.2. The highest BCUT2D eigenvalue weighted by Gasteiger charge is 2.17. The van der Waals surface area contributed by atoms with Crippen LogP contribution in [-0.2, 0) is 24.4 Å². The predicted octanol–water partition coefficient (Wildman–Crippen LogP) is 3.18. The summed E-state index contributed by atoms with van der Waals surface area (Å²) in [6.07, 6.45) is 0.798. The molecule has 19 heavy (non-hydrogen) atoms. The summed E-state index contributed by atoms with van der Waals surface area (Å²) >= 11 is 7.81. The topological polar surface area (TPSA) is 47.3 Å². The van der Waals surface area contributed by atoms with Gasteiger partial charge in [-0.3, -0.25) is 11.3 Å². The van der Waals surface area contributed by atoms with Crippen LogP contribution in [-0.4, -0.2) is 0 Å². The van der Waals surface area contributed by atoms with Crippen molar-refractivity contribution in [3.8, 4) is 0 Å². The Labute approximate surface area is 121 Å². The van der Waals surface area contributed by atoms with E-state index in [0.717, 1.165) is 16.3 Å². The summed E-state index contributed by atoms with van der Waals surface area (Å²) in [7, 11) is 0. The lowest BCUT2D eigenvalue weighted by molar-refractivity contribution is 0.134. The van der Waals surface area contributed by atoms with Gasteiger partial charge in [0.05, 0.1) is 24.3 Å². The van der Waals surface area contributed by atoms with E-state index < -0.39 is 0 Å². The number of nitrogens with one attached hydrogen (secondary N) is 1. The molecule has 0 spiro atoms. The Morgan fingerprint density at radius 2 is 2.16 bits per heavy atom. The number of benzene rings is 1. The van der Waals surface area contributed by atoms with Crippen molar-refractivity contribution in [2.24, 2.45) is 5.84 Å². The standard InChI is InChI=1S/C14H15ClN2OS/c15-12-3-4-19-14(12)6-13(17-16)9-1-2-10-7-18-8-11(10)5-9/h1-5,13,17H,6-8,16H2. The molecular weight excluding hydrogens is 280 g/mol. The molecule has 3 rings (SSSR count). The number of thiophene rings is 1. The third-order valence-electron chi connectivity index (χ3n) is 3.43. The number of ether oxygens (including phenoxy) is 1. The first-order valence-electron chi connectivity index (χ1n) is 6.15. The minimum Gasteiger partial charge on any atom is -0.372 e. The summed E-state index contributed by atoms with van der Waals surface area (Å²) in [4.78, 5) is 1.15. The molecule has 3 nitrogen and oxygen atoms in total. The van der Waals surface area contributed by atoms with E-state index in [9.17, 15) is 0 Å². The van der Waals surface area contributed by atoms with Crippen molar-refractivity contribution >= 4 is 22.9 Å². The molecular formula is C14H15ClN2OS. The molecule has 0 fully saturated rings. The van der Waals surface area contributed by atoms with Crippen molar-refractivity contribution in [1.29, 1.82) is 0 Å². The van der Waals surface area contributed by atoms with Gasteiger partial charge in [-0.25, -0.2) is 0 Å². The Hall–Kier alpha value is -0.910. The number of nitrogens with two attached hydrogens (primary N) is 1. The van der Waals surface area contributed by atoms with Gasteiger partial charge in [0.15, 0.2) is 0 Å². The van der Waals surface area contributed by atoms with E-state index in [1.54, 1.807) is 11.3 Å². The second-order valence-electron chi connectivity index (χ2n) is 4.64. The quantitative estimate of drug-likeness (QED) is 0.672. The van der Waals surface area contributed by atoms with E-state index in [1.165, 1.54) is 16.7 Å². The van der Waals surface area contributed by atoms with Crippen molar-refractivity contribution in [3.63, 3.8) is 0 Å². The molecule has 1 aromatic carbocycles. The molecule has 0 aliphatic carbocycles. The maximum Gasteiger partial charge on any atom is 0.0725 e. The van der Waals surface area contributed by atoms with Crippen LogP contribution in [0.3, 0.4) is 0 Å². The molecule has 100 valence electrons. The van der Waals surface area contributed by atoms with Gasteiger partial charge in [-0.15, -0.1) is 11.3 Å². The van der Waals surface area contributed by atoms with E-state index in [2.05, 4.69) is 23.6 Å². The lowest BCUT2D eigenvalue weighted by atomic mass is 9.99. The van der Waals surface area contributed by atoms with E-state index >= 15 is 0 Å². The molecule has 0 bridgehead atoms. The maximum absolute atomic E-state index is 6.14. The Bertz CT molecular complexity index is 585. The van der Waals surface area contributed by atoms with Crippen molar-refractivity contribution < 1.29 is 4.74 Å². The van der Waals surface area contributed by atoms with Crippen LogP contribution in [0, 0.1) is 0 Å². The van der Waals surface area contributed by atoms with Gasteiger partial charge < -0.3 is 4.74 Å². The molecule has 1 aromatic heterocycles. The van der Waals surface area contributed by atoms with Gasteiger partial charge in [-0.2, -0.15) is 0 Å². The second-order valence-corrected chi connectivity index (χ2v) is 6.04. The number of hydrogen-bond acceptors (Lipinski definition) is 4. The highest BCUT2D eigenvalue weighted by atomic mass is 35.5. The lowest BCUT2D eigenvalue weighted by Crippen LogP contribution is -2.29. The summed E-state index contributed by atoms with van der Waals surface area (Å²) in [5, 5.41) is 2.82. The van der Waals surface area contributed by atoms with E-state index in [1.807, 2.05) is 11.4 Å². The minimum atomic E-state index is 0.0713. The van der Waals surface area contributed by atoms with Gasteiger partial charge in [0, 0.05) is 11.3 Å². The van der Waals surface area contributed by atoms with Gasteiger partial charge >= 0.3 is 0 Å². The first-order valence-corrected chi connectivity index (χ1v) is 7.41. The minimum absolute atomic E-state index is 0.0713. The molecule has 1 atom stereocenters. The number of rotatable bonds is 4. The molecule has 1 aliphatic rings. The molecule has 1 unspecified atom stereocenters. The number of halogens is 1. The molecule has 5 heteroatoms. The van der Waals surface area contributed by atoms with E-state index in [0.29, 0.717) is 13.2 Å². The van der Waals surface area contributed by atoms with Crippen LogP contribution in [0.4, 0.5) is 0 Å². The molecule has 0 radical (unpaired) electrons. The van der Waals surface area contributed by atoms with Crippen molar-refractivity contribution in [2.45, 2.75) is 25.7 Å². The molecule has 3 N–H and O–H groups in total. The second kappa shape index (κ2) is 5.61. The first-order chi connectivity index (χ1) is 9.28. The van der Waals surface area contributed by atoms with Crippen molar-refractivity contribution in [2.75, 3.05) is 0 Å². The maximum atomic E-state index is 6.14. The Kier molecular flexibility index (Phi) is 3.86. The number of hydrogen-bond donors (Lipinski definition) is 2. The van der Waals surface area contributed by atoms with Gasteiger partial charge in [0.2, 0.25) is 0 Å². The van der Waals surface area contributed by atoms with Crippen LogP contribution < -0.4 is 11.3 Å². The van der Waals surface area contributed by atoms with Gasteiger partial charge in [0.1, 0.15) is 0 Å². The summed E-state index contributed by atoms with van der Waals surface area (Å²) < 4.78 is 5.44. The normalized spacial score (nSPS) is 15.5. The monoisotopic (exact) mass is 294 g/mol. The SMILES string of the molecule is NNC(Cc1sccc1Cl)c1ccc2c(c1)COC2. The zero-order valence-electron chi connectivity index (χ0n) is 10.4. The van der Waals surface area contributed by atoms with Crippen LogP contribution in [0.15, 0.2) is 29.6 Å². The summed E-state index contributed by atoms with van der Waals surface area (Å²) in [6.45, 7) is 1.41. The number of fused-ring (bicyclic) bond motifs is 1. The fourth-order valence-electron chi connectivity index (χ4n) is 2.34. The lowest BCUT2D eigenvalue weighted by Gasteiger charge is -2.16. The molecule has 0 saturated carbocycles. The predicted molar refractivity (Wildman–Crippen MR) is 78.0 cm³/mol.